The highest BCUT2D eigenvalue weighted by molar-refractivity contribution is 5.62. The van der Waals surface area contributed by atoms with Crippen LogP contribution in [0, 0.1) is 6.92 Å². The van der Waals surface area contributed by atoms with Crippen LogP contribution in [0.3, 0.4) is 0 Å². The fourth-order valence-corrected chi connectivity index (χ4v) is 3.01. The first-order valence-corrected chi connectivity index (χ1v) is 8.01. The molecule has 0 saturated carbocycles. The van der Waals surface area contributed by atoms with Crippen molar-refractivity contribution < 1.29 is 4.74 Å². The van der Waals surface area contributed by atoms with Crippen LogP contribution >= 0.6 is 0 Å². The molecule has 0 amide bonds. The lowest BCUT2D eigenvalue weighted by Crippen LogP contribution is -2.36. The Kier molecular flexibility index (Phi) is 3.81. The van der Waals surface area contributed by atoms with Crippen LogP contribution in [0.5, 0.6) is 0 Å². The van der Waals surface area contributed by atoms with Gasteiger partial charge in [0.15, 0.2) is 5.65 Å². The van der Waals surface area contributed by atoms with Gasteiger partial charge in [-0.2, -0.15) is 5.10 Å². The number of aryl methyl sites for hydroxylation is 1. The Hall–Kier alpha value is -2.24. The summed E-state index contributed by atoms with van der Waals surface area (Å²) < 4.78 is 7.42. The zero-order valence-electron chi connectivity index (χ0n) is 13.3. The van der Waals surface area contributed by atoms with Crippen LogP contribution in [0.25, 0.3) is 16.9 Å². The van der Waals surface area contributed by atoms with Crippen molar-refractivity contribution in [1.82, 2.24) is 19.5 Å². The van der Waals surface area contributed by atoms with E-state index in [4.69, 9.17) is 9.84 Å². The van der Waals surface area contributed by atoms with E-state index in [1.54, 1.807) is 0 Å². The largest absolute Gasteiger partial charge is 0.379 e. The van der Waals surface area contributed by atoms with Gasteiger partial charge in [0, 0.05) is 25.2 Å². The molecule has 0 radical (unpaired) electrons. The van der Waals surface area contributed by atoms with Crippen LogP contribution in [-0.4, -0.2) is 45.8 Å². The molecule has 5 nitrogen and oxygen atoms in total. The van der Waals surface area contributed by atoms with Gasteiger partial charge in [0.05, 0.1) is 30.8 Å². The lowest BCUT2D eigenvalue weighted by atomic mass is 10.1. The Morgan fingerprint density at radius 2 is 1.91 bits per heavy atom. The minimum Gasteiger partial charge on any atom is -0.379 e. The third kappa shape index (κ3) is 2.85. The topological polar surface area (TPSA) is 42.7 Å². The number of nitrogens with zero attached hydrogens (tertiary/aromatic N) is 4. The molecular weight excluding hydrogens is 288 g/mol. The maximum atomic E-state index is 5.42. The fourth-order valence-electron chi connectivity index (χ4n) is 3.01. The first kappa shape index (κ1) is 14.4. The average Bonchev–Trinajstić information content (AvgIpc) is 3.00. The van der Waals surface area contributed by atoms with Gasteiger partial charge < -0.3 is 4.74 Å². The number of hydrogen-bond donors (Lipinski definition) is 0. The van der Waals surface area contributed by atoms with Gasteiger partial charge >= 0.3 is 0 Å². The summed E-state index contributed by atoms with van der Waals surface area (Å²) in [6.07, 6.45) is 1.94. The Morgan fingerprint density at radius 3 is 2.70 bits per heavy atom. The number of rotatable bonds is 3. The van der Waals surface area contributed by atoms with Crippen molar-refractivity contribution in [3.8, 4) is 11.3 Å². The first-order valence-electron chi connectivity index (χ1n) is 8.01. The molecule has 0 N–H and O–H groups in total. The Morgan fingerprint density at radius 1 is 1.13 bits per heavy atom. The standard InChI is InChI=1S/C18H20N4O/c1-14-11-17(15-5-3-2-4-6-15)20-22-16(12-19-18(14)22)13-21-7-9-23-10-8-21/h2-6,11-12H,7-10,13H2,1H3. The van der Waals surface area contributed by atoms with Gasteiger partial charge in [0.1, 0.15) is 0 Å². The van der Waals surface area contributed by atoms with Gasteiger partial charge in [-0.15, -0.1) is 0 Å². The number of imidazole rings is 1. The van der Waals surface area contributed by atoms with Gasteiger partial charge in [-0.3, -0.25) is 4.90 Å². The SMILES string of the molecule is Cc1cc(-c2ccccc2)nn2c(CN3CCOCC3)cnc12. The van der Waals surface area contributed by atoms with Crippen molar-refractivity contribution in [1.29, 1.82) is 0 Å². The first-order chi connectivity index (χ1) is 11.3. The van der Waals surface area contributed by atoms with Crippen molar-refractivity contribution in [2.75, 3.05) is 26.3 Å². The van der Waals surface area contributed by atoms with Gasteiger partial charge in [-0.1, -0.05) is 30.3 Å². The molecular formula is C18H20N4O. The molecule has 0 atom stereocenters. The zero-order valence-corrected chi connectivity index (χ0v) is 13.3. The molecule has 1 aliphatic rings. The quantitative estimate of drug-likeness (QED) is 0.746. The minimum absolute atomic E-state index is 0.804. The van der Waals surface area contributed by atoms with E-state index in [-0.39, 0.29) is 0 Å². The summed E-state index contributed by atoms with van der Waals surface area (Å²) in [5.74, 6) is 0. The summed E-state index contributed by atoms with van der Waals surface area (Å²) in [7, 11) is 0. The van der Waals surface area contributed by atoms with Crippen LogP contribution in [-0.2, 0) is 11.3 Å². The third-order valence-electron chi connectivity index (χ3n) is 4.28. The second-order valence-corrected chi connectivity index (χ2v) is 5.95. The zero-order chi connectivity index (χ0) is 15.6. The van der Waals surface area contributed by atoms with Crippen LogP contribution < -0.4 is 0 Å². The predicted octanol–water partition coefficient (Wildman–Crippen LogP) is 2.54. The Bertz CT molecular complexity index is 807. The summed E-state index contributed by atoms with van der Waals surface area (Å²) in [6, 6.07) is 12.4. The average molecular weight is 308 g/mol. The van der Waals surface area contributed by atoms with Gasteiger partial charge in [0.25, 0.3) is 0 Å². The molecule has 3 heterocycles. The highest BCUT2D eigenvalue weighted by atomic mass is 16.5. The number of fused-ring (bicyclic) bond motifs is 1. The van der Waals surface area contributed by atoms with Crippen LogP contribution in [0.4, 0.5) is 0 Å². The summed E-state index contributed by atoms with van der Waals surface area (Å²) in [4.78, 5) is 6.95. The maximum absolute atomic E-state index is 5.42. The summed E-state index contributed by atoms with van der Waals surface area (Å²) >= 11 is 0. The second kappa shape index (κ2) is 6.10. The summed E-state index contributed by atoms with van der Waals surface area (Å²) in [6.45, 7) is 6.48. The number of aromatic nitrogens is 3. The van der Waals surface area contributed by atoms with E-state index in [1.165, 1.54) is 0 Å². The van der Waals surface area contributed by atoms with Crippen molar-refractivity contribution in [2.24, 2.45) is 0 Å². The molecule has 0 spiro atoms. The molecule has 1 saturated heterocycles. The van der Waals surface area contributed by atoms with Crippen LogP contribution in [0.15, 0.2) is 42.6 Å². The number of ether oxygens (including phenoxy) is 1. The fraction of sp³-hybridized carbons (Fsp3) is 0.333. The Labute approximate surface area is 135 Å². The molecule has 1 aromatic carbocycles. The molecule has 1 aliphatic heterocycles. The maximum Gasteiger partial charge on any atom is 0.156 e. The molecule has 118 valence electrons. The van der Waals surface area contributed by atoms with E-state index in [2.05, 4.69) is 35.0 Å². The normalized spacial score (nSPS) is 16.0. The Balaban J connectivity index is 1.73. The molecule has 23 heavy (non-hydrogen) atoms. The molecule has 0 aliphatic carbocycles. The number of benzene rings is 1. The number of morpholine rings is 1. The summed E-state index contributed by atoms with van der Waals surface area (Å²) in [5, 5.41) is 4.83. The molecule has 4 rings (SSSR count). The molecule has 0 unspecified atom stereocenters. The van der Waals surface area contributed by atoms with Crippen molar-refractivity contribution in [2.45, 2.75) is 13.5 Å². The van der Waals surface area contributed by atoms with Crippen molar-refractivity contribution in [3.63, 3.8) is 0 Å². The van der Waals surface area contributed by atoms with Crippen LogP contribution in [0.1, 0.15) is 11.3 Å². The van der Waals surface area contributed by atoms with E-state index in [0.717, 1.165) is 61.0 Å². The smallest absolute Gasteiger partial charge is 0.156 e. The van der Waals surface area contributed by atoms with Crippen molar-refractivity contribution >= 4 is 5.65 Å². The summed E-state index contributed by atoms with van der Waals surface area (Å²) in [5.41, 5.74) is 5.32. The van der Waals surface area contributed by atoms with Gasteiger partial charge in [-0.25, -0.2) is 9.50 Å². The molecule has 1 fully saturated rings. The molecule has 2 aromatic heterocycles. The predicted molar refractivity (Wildman–Crippen MR) is 89.3 cm³/mol. The van der Waals surface area contributed by atoms with Crippen molar-refractivity contribution in [3.05, 3.63) is 53.9 Å². The molecule has 3 aromatic rings. The van der Waals surface area contributed by atoms with E-state index >= 15 is 0 Å². The van der Waals surface area contributed by atoms with E-state index in [0.29, 0.717) is 0 Å². The molecule has 0 bridgehead atoms. The van der Waals surface area contributed by atoms with Crippen LogP contribution in [0.2, 0.25) is 0 Å². The molecule has 5 heteroatoms. The highest BCUT2D eigenvalue weighted by Crippen LogP contribution is 2.21. The monoisotopic (exact) mass is 308 g/mol. The van der Waals surface area contributed by atoms with Gasteiger partial charge in [-0.05, 0) is 18.6 Å². The highest BCUT2D eigenvalue weighted by Gasteiger charge is 2.15. The van der Waals surface area contributed by atoms with E-state index in [1.807, 2.05) is 28.9 Å². The van der Waals surface area contributed by atoms with Gasteiger partial charge in [0.2, 0.25) is 0 Å². The lowest BCUT2D eigenvalue weighted by molar-refractivity contribution is 0.0334. The minimum atomic E-state index is 0.804. The van der Waals surface area contributed by atoms with E-state index < -0.39 is 0 Å². The lowest BCUT2D eigenvalue weighted by Gasteiger charge is -2.26. The number of hydrogen-bond acceptors (Lipinski definition) is 4. The van der Waals surface area contributed by atoms with E-state index in [9.17, 15) is 0 Å². The third-order valence-corrected chi connectivity index (χ3v) is 4.28. The second-order valence-electron chi connectivity index (χ2n) is 5.95.